The zero-order valence-corrected chi connectivity index (χ0v) is 15.7. The van der Waals surface area contributed by atoms with Gasteiger partial charge in [-0.15, -0.1) is 0 Å². The number of carbonyl (C=O) groups is 1. The zero-order valence-electron chi connectivity index (χ0n) is 14.8. The Kier molecular flexibility index (Phi) is 6.33. The van der Waals surface area contributed by atoms with Crippen molar-refractivity contribution in [3.05, 3.63) is 60.2 Å². The number of hydrogen-bond acceptors (Lipinski definition) is 3. The number of nitrogens with zero attached hydrogens (tertiary/aromatic N) is 2. The Morgan fingerprint density at radius 3 is 2.08 bits per heavy atom. The first-order chi connectivity index (χ1) is 12.0. The van der Waals surface area contributed by atoms with Gasteiger partial charge in [0.25, 0.3) is 5.91 Å². The van der Waals surface area contributed by atoms with Crippen molar-refractivity contribution in [1.82, 2.24) is 4.31 Å². The van der Waals surface area contributed by atoms with E-state index in [-0.39, 0.29) is 10.8 Å². The largest absolute Gasteiger partial charge is 0.309 e. The van der Waals surface area contributed by atoms with E-state index in [2.05, 4.69) is 0 Å². The van der Waals surface area contributed by atoms with Gasteiger partial charge in [-0.05, 0) is 37.3 Å². The maximum Gasteiger partial charge on any atom is 0.258 e. The van der Waals surface area contributed by atoms with Crippen molar-refractivity contribution < 1.29 is 13.2 Å². The van der Waals surface area contributed by atoms with E-state index >= 15 is 0 Å². The number of rotatable bonds is 7. The van der Waals surface area contributed by atoms with Gasteiger partial charge in [0.05, 0.1) is 4.90 Å². The molecular weight excluding hydrogens is 336 g/mol. The molecule has 5 nitrogen and oxygen atoms in total. The average Bonchev–Trinajstić information content (AvgIpc) is 2.64. The van der Waals surface area contributed by atoms with E-state index in [9.17, 15) is 13.2 Å². The van der Waals surface area contributed by atoms with Crippen molar-refractivity contribution in [2.24, 2.45) is 0 Å². The quantitative estimate of drug-likeness (QED) is 0.760. The summed E-state index contributed by atoms with van der Waals surface area (Å²) < 4.78 is 26.7. The van der Waals surface area contributed by atoms with Gasteiger partial charge < -0.3 is 4.90 Å². The smallest absolute Gasteiger partial charge is 0.258 e. The lowest BCUT2D eigenvalue weighted by Gasteiger charge is -2.22. The molecule has 0 saturated heterocycles. The lowest BCUT2D eigenvalue weighted by molar-refractivity contribution is 0.0988. The first kappa shape index (κ1) is 19.1. The van der Waals surface area contributed by atoms with E-state index in [4.69, 9.17) is 0 Å². The van der Waals surface area contributed by atoms with Crippen LogP contribution >= 0.6 is 0 Å². The van der Waals surface area contributed by atoms with E-state index in [1.54, 1.807) is 30.9 Å². The van der Waals surface area contributed by atoms with Crippen LogP contribution in [0.4, 0.5) is 5.69 Å². The van der Waals surface area contributed by atoms with E-state index < -0.39 is 10.0 Å². The molecule has 2 aromatic rings. The fourth-order valence-electron chi connectivity index (χ4n) is 2.71. The summed E-state index contributed by atoms with van der Waals surface area (Å²) in [5.41, 5.74) is 1.14. The standard InChI is InChI=1S/C19H24N2O3S/c1-4-20(5-2)25(23,24)18-14-10-11-16(15-18)19(22)21(6-3)17-12-8-7-9-13-17/h7-15H,4-6H2,1-3H3. The molecule has 0 saturated carbocycles. The molecule has 0 aliphatic carbocycles. The topological polar surface area (TPSA) is 57.7 Å². The Bertz CT molecular complexity index is 816. The van der Waals surface area contributed by atoms with Crippen molar-refractivity contribution in [2.45, 2.75) is 25.7 Å². The Labute approximate surface area is 149 Å². The SMILES string of the molecule is CCN(C(=O)c1cccc(S(=O)(=O)N(CC)CC)c1)c1ccccc1. The highest BCUT2D eigenvalue weighted by Gasteiger charge is 2.23. The number of hydrogen-bond donors (Lipinski definition) is 0. The number of amides is 1. The molecule has 2 aromatic carbocycles. The van der Waals surface area contributed by atoms with Gasteiger partial charge in [0.15, 0.2) is 0 Å². The monoisotopic (exact) mass is 360 g/mol. The highest BCUT2D eigenvalue weighted by Crippen LogP contribution is 2.20. The van der Waals surface area contributed by atoms with Crippen LogP contribution in [0.15, 0.2) is 59.5 Å². The Balaban J connectivity index is 2.39. The second kappa shape index (κ2) is 8.27. The number of sulfonamides is 1. The minimum atomic E-state index is -3.59. The van der Waals surface area contributed by atoms with Crippen molar-refractivity contribution in [1.29, 1.82) is 0 Å². The van der Waals surface area contributed by atoms with E-state index in [0.717, 1.165) is 5.69 Å². The molecule has 134 valence electrons. The van der Waals surface area contributed by atoms with Gasteiger partial charge >= 0.3 is 0 Å². The second-order valence-electron chi connectivity index (χ2n) is 5.50. The van der Waals surface area contributed by atoms with Crippen LogP contribution in [0, 0.1) is 0 Å². The zero-order chi connectivity index (χ0) is 18.4. The van der Waals surface area contributed by atoms with Crippen molar-refractivity contribution in [3.63, 3.8) is 0 Å². The number of carbonyl (C=O) groups excluding carboxylic acids is 1. The summed E-state index contributed by atoms with van der Waals surface area (Å²) in [5, 5.41) is 0. The van der Waals surface area contributed by atoms with Gasteiger partial charge in [0.1, 0.15) is 0 Å². The molecule has 0 bridgehead atoms. The molecular formula is C19H24N2O3S. The third-order valence-electron chi connectivity index (χ3n) is 4.05. The lowest BCUT2D eigenvalue weighted by atomic mass is 10.2. The number of benzene rings is 2. The molecule has 0 aromatic heterocycles. The predicted molar refractivity (Wildman–Crippen MR) is 100 cm³/mol. The highest BCUT2D eigenvalue weighted by atomic mass is 32.2. The summed E-state index contributed by atoms with van der Waals surface area (Å²) >= 11 is 0. The van der Waals surface area contributed by atoms with Gasteiger partial charge in [-0.3, -0.25) is 4.79 Å². The van der Waals surface area contributed by atoms with Crippen LogP contribution in [-0.2, 0) is 10.0 Å². The molecule has 2 rings (SSSR count). The van der Waals surface area contributed by atoms with Gasteiger partial charge in [-0.1, -0.05) is 38.1 Å². The van der Waals surface area contributed by atoms with Crippen molar-refractivity contribution in [3.8, 4) is 0 Å². The molecule has 0 unspecified atom stereocenters. The molecule has 0 aliphatic rings. The molecule has 0 N–H and O–H groups in total. The summed E-state index contributed by atoms with van der Waals surface area (Å²) in [4.78, 5) is 14.7. The van der Waals surface area contributed by atoms with Crippen molar-refractivity contribution in [2.75, 3.05) is 24.5 Å². The molecule has 0 spiro atoms. The lowest BCUT2D eigenvalue weighted by Crippen LogP contribution is -2.32. The summed E-state index contributed by atoms with van der Waals surface area (Å²) in [7, 11) is -3.59. The molecule has 25 heavy (non-hydrogen) atoms. The van der Waals surface area contributed by atoms with Crippen LogP contribution in [0.3, 0.4) is 0 Å². The fourth-order valence-corrected chi connectivity index (χ4v) is 4.21. The van der Waals surface area contributed by atoms with E-state index in [1.165, 1.54) is 16.4 Å². The summed E-state index contributed by atoms with van der Waals surface area (Å²) in [5.74, 6) is -0.217. The van der Waals surface area contributed by atoms with Gasteiger partial charge in [-0.2, -0.15) is 4.31 Å². The Hall–Kier alpha value is -2.18. The molecule has 0 radical (unpaired) electrons. The predicted octanol–water partition coefficient (Wildman–Crippen LogP) is 3.38. The van der Waals surface area contributed by atoms with Crippen LogP contribution in [-0.4, -0.2) is 38.3 Å². The normalized spacial score (nSPS) is 11.5. The van der Waals surface area contributed by atoms with Crippen LogP contribution < -0.4 is 4.90 Å². The molecule has 0 fully saturated rings. The minimum absolute atomic E-state index is 0.145. The Morgan fingerprint density at radius 1 is 0.880 bits per heavy atom. The van der Waals surface area contributed by atoms with Gasteiger partial charge in [0, 0.05) is 30.9 Å². The third-order valence-corrected chi connectivity index (χ3v) is 6.10. The van der Waals surface area contributed by atoms with Crippen LogP contribution in [0.1, 0.15) is 31.1 Å². The van der Waals surface area contributed by atoms with Gasteiger partial charge in [-0.25, -0.2) is 8.42 Å². The maximum absolute atomic E-state index is 12.9. The molecule has 0 atom stereocenters. The molecule has 0 heterocycles. The van der Waals surface area contributed by atoms with Gasteiger partial charge in [0.2, 0.25) is 10.0 Å². The number of para-hydroxylation sites is 1. The third kappa shape index (κ3) is 4.08. The van der Waals surface area contributed by atoms with Crippen molar-refractivity contribution >= 4 is 21.6 Å². The molecule has 6 heteroatoms. The number of anilines is 1. The fraction of sp³-hybridized carbons (Fsp3) is 0.316. The van der Waals surface area contributed by atoms with Crippen LogP contribution in [0.2, 0.25) is 0 Å². The summed E-state index contributed by atoms with van der Waals surface area (Å²) in [6, 6.07) is 15.6. The Morgan fingerprint density at radius 2 is 1.52 bits per heavy atom. The molecule has 0 aliphatic heterocycles. The first-order valence-corrected chi connectivity index (χ1v) is 9.86. The summed E-state index contributed by atoms with van der Waals surface area (Å²) in [6.45, 7) is 6.76. The maximum atomic E-state index is 12.9. The van der Waals surface area contributed by atoms with E-state index in [1.807, 2.05) is 37.3 Å². The average molecular weight is 360 g/mol. The second-order valence-corrected chi connectivity index (χ2v) is 7.44. The summed E-state index contributed by atoms with van der Waals surface area (Å²) in [6.07, 6.45) is 0. The molecule has 1 amide bonds. The van der Waals surface area contributed by atoms with Crippen LogP contribution in [0.25, 0.3) is 0 Å². The minimum Gasteiger partial charge on any atom is -0.309 e. The first-order valence-electron chi connectivity index (χ1n) is 8.42. The highest BCUT2D eigenvalue weighted by molar-refractivity contribution is 7.89. The van der Waals surface area contributed by atoms with E-state index in [0.29, 0.717) is 25.2 Å². The van der Waals surface area contributed by atoms with Crippen LogP contribution in [0.5, 0.6) is 0 Å².